The molecule has 0 radical (unpaired) electrons. The Balaban J connectivity index is 2.56. The van der Waals surface area contributed by atoms with E-state index in [4.69, 9.17) is 0 Å². The molecule has 114 valence electrons. The standard InChI is InChI=1S/C18H31NO/c1-5-6-7-8-9-15-10-12-16(13-11-15)18(20)17(19-4)14(2)3/h10-14,17-20H,5-9H2,1-4H3. The molecule has 2 unspecified atom stereocenters. The molecule has 1 aromatic carbocycles. The quantitative estimate of drug-likeness (QED) is 0.666. The van der Waals surface area contributed by atoms with E-state index < -0.39 is 6.10 Å². The van der Waals surface area contributed by atoms with Gasteiger partial charge in [0.2, 0.25) is 0 Å². The summed E-state index contributed by atoms with van der Waals surface area (Å²) in [4.78, 5) is 0. The van der Waals surface area contributed by atoms with E-state index in [0.29, 0.717) is 5.92 Å². The summed E-state index contributed by atoms with van der Waals surface area (Å²) in [7, 11) is 1.91. The van der Waals surface area contributed by atoms with Crippen LogP contribution in [0, 0.1) is 5.92 Å². The van der Waals surface area contributed by atoms with Crippen molar-refractivity contribution in [3.63, 3.8) is 0 Å². The summed E-state index contributed by atoms with van der Waals surface area (Å²) in [6.45, 7) is 6.50. The number of benzene rings is 1. The molecule has 0 bridgehead atoms. The van der Waals surface area contributed by atoms with E-state index in [1.165, 1.54) is 31.2 Å². The SMILES string of the molecule is CCCCCCc1ccc(C(O)C(NC)C(C)C)cc1. The summed E-state index contributed by atoms with van der Waals surface area (Å²) in [5.41, 5.74) is 2.39. The van der Waals surface area contributed by atoms with Gasteiger partial charge < -0.3 is 10.4 Å². The number of nitrogens with one attached hydrogen (secondary N) is 1. The molecule has 0 aliphatic rings. The van der Waals surface area contributed by atoms with Crippen LogP contribution >= 0.6 is 0 Å². The van der Waals surface area contributed by atoms with Crippen molar-refractivity contribution in [3.8, 4) is 0 Å². The topological polar surface area (TPSA) is 32.3 Å². The number of hydrogen-bond donors (Lipinski definition) is 2. The molecule has 0 fully saturated rings. The van der Waals surface area contributed by atoms with Crippen molar-refractivity contribution in [2.75, 3.05) is 7.05 Å². The molecule has 0 saturated heterocycles. The maximum Gasteiger partial charge on any atom is 0.0945 e. The average molecular weight is 277 g/mol. The van der Waals surface area contributed by atoms with E-state index >= 15 is 0 Å². The highest BCUT2D eigenvalue weighted by Gasteiger charge is 2.22. The monoisotopic (exact) mass is 277 g/mol. The van der Waals surface area contributed by atoms with Crippen LogP contribution in [0.1, 0.15) is 63.7 Å². The first-order valence-corrected chi connectivity index (χ1v) is 8.04. The molecule has 0 aliphatic heterocycles. The van der Waals surface area contributed by atoms with Crippen molar-refractivity contribution >= 4 is 0 Å². The molecule has 1 rings (SSSR count). The van der Waals surface area contributed by atoms with Crippen LogP contribution in [-0.2, 0) is 6.42 Å². The first-order chi connectivity index (χ1) is 9.60. The fraction of sp³-hybridized carbons (Fsp3) is 0.667. The van der Waals surface area contributed by atoms with Gasteiger partial charge >= 0.3 is 0 Å². The predicted octanol–water partition coefficient (Wildman–Crippen LogP) is 4.09. The maximum absolute atomic E-state index is 10.4. The number of hydrogen-bond acceptors (Lipinski definition) is 2. The van der Waals surface area contributed by atoms with Crippen LogP contribution in [-0.4, -0.2) is 18.2 Å². The molecule has 2 N–H and O–H groups in total. The normalized spacial score (nSPS) is 14.5. The van der Waals surface area contributed by atoms with Crippen LogP contribution in [0.4, 0.5) is 0 Å². The highest BCUT2D eigenvalue weighted by molar-refractivity contribution is 5.25. The zero-order valence-electron chi connectivity index (χ0n) is 13.5. The number of aliphatic hydroxyl groups is 1. The van der Waals surface area contributed by atoms with Crippen molar-refractivity contribution in [2.45, 2.75) is 65.0 Å². The van der Waals surface area contributed by atoms with Gasteiger partial charge in [0.15, 0.2) is 0 Å². The predicted molar refractivity (Wildman–Crippen MR) is 86.9 cm³/mol. The summed E-state index contributed by atoms with van der Waals surface area (Å²) >= 11 is 0. The summed E-state index contributed by atoms with van der Waals surface area (Å²) in [6, 6.07) is 8.58. The first kappa shape index (κ1) is 17.2. The third kappa shape index (κ3) is 5.26. The second kappa shape index (κ2) is 9.15. The molecular formula is C18H31NO. The van der Waals surface area contributed by atoms with Crippen LogP contribution in [0.15, 0.2) is 24.3 Å². The molecule has 0 saturated carbocycles. The molecule has 20 heavy (non-hydrogen) atoms. The van der Waals surface area contributed by atoms with Gasteiger partial charge in [0.05, 0.1) is 6.10 Å². The molecular weight excluding hydrogens is 246 g/mol. The van der Waals surface area contributed by atoms with Gasteiger partial charge in [-0.2, -0.15) is 0 Å². The Morgan fingerprint density at radius 2 is 1.70 bits per heavy atom. The van der Waals surface area contributed by atoms with Crippen molar-refractivity contribution < 1.29 is 5.11 Å². The maximum atomic E-state index is 10.4. The fourth-order valence-electron chi connectivity index (χ4n) is 2.70. The van der Waals surface area contributed by atoms with E-state index in [1.807, 2.05) is 7.05 Å². The van der Waals surface area contributed by atoms with Gasteiger partial charge in [-0.05, 0) is 36.9 Å². The molecule has 0 aliphatic carbocycles. The lowest BCUT2D eigenvalue weighted by atomic mass is 9.92. The lowest BCUT2D eigenvalue weighted by molar-refractivity contribution is 0.110. The number of aryl methyl sites for hydroxylation is 1. The van der Waals surface area contributed by atoms with Gasteiger partial charge in [0, 0.05) is 6.04 Å². The van der Waals surface area contributed by atoms with Gasteiger partial charge in [0.1, 0.15) is 0 Å². The third-order valence-corrected chi connectivity index (χ3v) is 4.03. The molecule has 0 spiro atoms. The lowest BCUT2D eigenvalue weighted by Gasteiger charge is -2.26. The Kier molecular flexibility index (Phi) is 7.86. The second-order valence-electron chi connectivity index (χ2n) is 6.06. The number of aliphatic hydroxyl groups excluding tert-OH is 1. The van der Waals surface area contributed by atoms with Crippen molar-refractivity contribution in [1.82, 2.24) is 5.32 Å². The Morgan fingerprint density at radius 1 is 1.05 bits per heavy atom. The number of likely N-dealkylation sites (N-methyl/N-ethyl adjacent to an activating group) is 1. The highest BCUT2D eigenvalue weighted by atomic mass is 16.3. The summed E-state index contributed by atoms with van der Waals surface area (Å²) in [6.07, 6.45) is 5.91. The van der Waals surface area contributed by atoms with Crippen LogP contribution in [0.2, 0.25) is 0 Å². The Hall–Kier alpha value is -0.860. The molecule has 0 aromatic heterocycles. The molecule has 2 atom stereocenters. The molecule has 1 aromatic rings. The molecule has 2 heteroatoms. The van der Waals surface area contributed by atoms with Gasteiger partial charge in [-0.1, -0.05) is 64.3 Å². The minimum Gasteiger partial charge on any atom is -0.387 e. The second-order valence-corrected chi connectivity index (χ2v) is 6.06. The molecule has 2 nitrogen and oxygen atoms in total. The van der Waals surface area contributed by atoms with Gasteiger partial charge in [-0.3, -0.25) is 0 Å². The minimum atomic E-state index is -0.436. The zero-order valence-corrected chi connectivity index (χ0v) is 13.5. The van der Waals surface area contributed by atoms with Crippen LogP contribution < -0.4 is 5.32 Å². The average Bonchev–Trinajstić information content (AvgIpc) is 2.44. The van der Waals surface area contributed by atoms with Crippen molar-refractivity contribution in [1.29, 1.82) is 0 Å². The third-order valence-electron chi connectivity index (χ3n) is 4.03. The Bertz CT molecular complexity index is 358. The van der Waals surface area contributed by atoms with Gasteiger partial charge in [-0.25, -0.2) is 0 Å². The zero-order chi connectivity index (χ0) is 15.0. The van der Waals surface area contributed by atoms with E-state index in [1.54, 1.807) is 0 Å². The molecule has 0 heterocycles. The van der Waals surface area contributed by atoms with Crippen molar-refractivity contribution in [2.24, 2.45) is 5.92 Å². The van der Waals surface area contributed by atoms with Gasteiger partial charge in [0.25, 0.3) is 0 Å². The fourth-order valence-corrected chi connectivity index (χ4v) is 2.70. The highest BCUT2D eigenvalue weighted by Crippen LogP contribution is 2.22. The minimum absolute atomic E-state index is 0.102. The van der Waals surface area contributed by atoms with E-state index in [0.717, 1.165) is 12.0 Å². The first-order valence-electron chi connectivity index (χ1n) is 8.04. The molecule has 0 amide bonds. The van der Waals surface area contributed by atoms with Crippen LogP contribution in [0.3, 0.4) is 0 Å². The van der Waals surface area contributed by atoms with E-state index in [9.17, 15) is 5.11 Å². The van der Waals surface area contributed by atoms with Crippen LogP contribution in [0.25, 0.3) is 0 Å². The van der Waals surface area contributed by atoms with Crippen molar-refractivity contribution in [3.05, 3.63) is 35.4 Å². The Morgan fingerprint density at radius 3 is 2.20 bits per heavy atom. The van der Waals surface area contributed by atoms with Crippen LogP contribution in [0.5, 0.6) is 0 Å². The number of unbranched alkanes of at least 4 members (excludes halogenated alkanes) is 3. The van der Waals surface area contributed by atoms with E-state index in [-0.39, 0.29) is 6.04 Å². The summed E-state index contributed by atoms with van der Waals surface area (Å²) < 4.78 is 0. The largest absolute Gasteiger partial charge is 0.387 e. The Labute approximate surface area is 124 Å². The summed E-state index contributed by atoms with van der Waals surface area (Å²) in [5.74, 6) is 0.406. The van der Waals surface area contributed by atoms with E-state index in [2.05, 4.69) is 50.4 Å². The summed E-state index contributed by atoms with van der Waals surface area (Å²) in [5, 5.41) is 13.6. The van der Waals surface area contributed by atoms with Gasteiger partial charge in [-0.15, -0.1) is 0 Å². The lowest BCUT2D eigenvalue weighted by Crippen LogP contribution is -2.36. The smallest absolute Gasteiger partial charge is 0.0945 e. The number of rotatable bonds is 9.